The lowest BCUT2D eigenvalue weighted by molar-refractivity contribution is 0.0692. The number of pyridine rings is 1. The van der Waals surface area contributed by atoms with Crippen LogP contribution in [-0.2, 0) is 0 Å². The molecular weight excluding hydrogens is 366 g/mol. The van der Waals surface area contributed by atoms with Crippen LogP contribution in [0.3, 0.4) is 0 Å². The molecule has 0 saturated heterocycles. The molecule has 29 heavy (non-hydrogen) atoms. The first-order chi connectivity index (χ1) is 14.0. The van der Waals surface area contributed by atoms with Crippen molar-refractivity contribution >= 4 is 5.97 Å². The van der Waals surface area contributed by atoms with E-state index in [0.29, 0.717) is 5.92 Å². The van der Waals surface area contributed by atoms with Crippen molar-refractivity contribution in [1.82, 2.24) is 9.88 Å². The van der Waals surface area contributed by atoms with Crippen molar-refractivity contribution in [2.45, 2.75) is 12.3 Å². The summed E-state index contributed by atoms with van der Waals surface area (Å²) in [5.41, 5.74) is 2.57. The van der Waals surface area contributed by atoms with Crippen LogP contribution in [0, 0.1) is 0 Å². The molecule has 3 rings (SSSR count). The van der Waals surface area contributed by atoms with Gasteiger partial charge in [0.2, 0.25) is 0 Å². The summed E-state index contributed by atoms with van der Waals surface area (Å²) in [6.45, 7) is 1.07. The van der Waals surface area contributed by atoms with E-state index in [1.54, 1.807) is 12.1 Å². The van der Waals surface area contributed by atoms with Gasteiger partial charge in [0, 0.05) is 17.8 Å². The quantitative estimate of drug-likeness (QED) is 0.594. The molecule has 6 heteroatoms. The van der Waals surface area contributed by atoms with E-state index in [-0.39, 0.29) is 11.3 Å². The molecule has 2 aromatic carbocycles. The van der Waals surface area contributed by atoms with E-state index >= 15 is 0 Å². The van der Waals surface area contributed by atoms with Crippen LogP contribution >= 0.6 is 0 Å². The van der Waals surface area contributed by atoms with Crippen LogP contribution in [0.5, 0.6) is 5.75 Å². The van der Waals surface area contributed by atoms with Gasteiger partial charge in [-0.1, -0.05) is 48.5 Å². The largest absolute Gasteiger partial charge is 0.478 e. The third-order valence-corrected chi connectivity index (χ3v) is 4.36. The number of hydrogen-bond acceptors (Lipinski definition) is 5. The summed E-state index contributed by atoms with van der Waals surface area (Å²) in [6.07, 6.45) is 2.97. The Hall–Kier alpha value is -3.22. The number of benzene rings is 2. The van der Waals surface area contributed by atoms with Gasteiger partial charge >= 0.3 is 5.97 Å². The molecule has 0 aliphatic heterocycles. The molecule has 6 nitrogen and oxygen atoms in total. The molecule has 0 bridgehead atoms. The predicted molar refractivity (Wildman–Crippen MR) is 114 cm³/mol. The highest BCUT2D eigenvalue weighted by Crippen LogP contribution is 2.26. The lowest BCUT2D eigenvalue weighted by Gasteiger charge is -2.19. The Bertz CT molecular complexity index is 831. The Morgan fingerprint density at radius 1 is 1.03 bits per heavy atom. The highest BCUT2D eigenvalue weighted by molar-refractivity contribution is 5.90. The van der Waals surface area contributed by atoms with E-state index in [9.17, 15) is 4.79 Å². The number of carboxylic acid groups (broad SMARTS) is 1. The number of rotatable bonds is 7. The SMILES string of the molecule is CN(C)CCC(c1ccccc1)c1ccccn1.NOc1ccccc1C(=O)O. The summed E-state index contributed by atoms with van der Waals surface area (Å²) in [5.74, 6) is 4.33. The van der Waals surface area contributed by atoms with Gasteiger partial charge in [-0.15, -0.1) is 0 Å². The van der Waals surface area contributed by atoms with Gasteiger partial charge in [-0.25, -0.2) is 4.79 Å². The summed E-state index contributed by atoms with van der Waals surface area (Å²) < 4.78 is 0. The van der Waals surface area contributed by atoms with E-state index < -0.39 is 5.97 Å². The standard InChI is InChI=1S/C16H20N2.C7H7NO3/c1-18(2)13-11-15(14-8-4-3-5-9-14)16-10-6-7-12-17-16;8-11-6-4-2-1-3-5(6)7(9)10/h3-10,12,15H,11,13H2,1-2H3;1-4H,8H2,(H,9,10). The van der Waals surface area contributed by atoms with Crippen LogP contribution in [-0.4, -0.2) is 41.6 Å². The van der Waals surface area contributed by atoms with Gasteiger partial charge in [-0.05, 0) is 56.9 Å². The highest BCUT2D eigenvalue weighted by Gasteiger charge is 2.15. The minimum atomic E-state index is -1.05. The Balaban J connectivity index is 0.000000234. The molecule has 0 amide bonds. The fraction of sp³-hybridized carbons (Fsp3) is 0.217. The second kappa shape index (κ2) is 11.6. The zero-order valence-electron chi connectivity index (χ0n) is 16.7. The van der Waals surface area contributed by atoms with Crippen LogP contribution in [0.25, 0.3) is 0 Å². The van der Waals surface area contributed by atoms with Crippen molar-refractivity contribution in [3.8, 4) is 5.75 Å². The number of hydrogen-bond donors (Lipinski definition) is 2. The molecule has 1 atom stereocenters. The van der Waals surface area contributed by atoms with Crippen molar-refractivity contribution in [3.63, 3.8) is 0 Å². The number of nitrogens with two attached hydrogens (primary N) is 1. The fourth-order valence-corrected chi connectivity index (χ4v) is 2.89. The van der Waals surface area contributed by atoms with Crippen LogP contribution in [0.15, 0.2) is 79.0 Å². The molecule has 1 aromatic heterocycles. The van der Waals surface area contributed by atoms with Crippen LogP contribution < -0.4 is 10.7 Å². The summed E-state index contributed by atoms with van der Waals surface area (Å²) in [7, 11) is 4.22. The van der Waals surface area contributed by atoms with Crippen LogP contribution in [0.1, 0.15) is 34.0 Å². The summed E-state index contributed by atoms with van der Waals surface area (Å²) in [4.78, 5) is 21.5. The van der Waals surface area contributed by atoms with Crippen molar-refractivity contribution in [2.75, 3.05) is 20.6 Å². The van der Waals surface area contributed by atoms with Gasteiger partial charge in [0.1, 0.15) is 5.56 Å². The smallest absolute Gasteiger partial charge is 0.339 e. The number of carbonyl (C=O) groups is 1. The second-order valence-electron chi connectivity index (χ2n) is 6.73. The molecular formula is C23H27N3O3. The van der Waals surface area contributed by atoms with Crippen molar-refractivity contribution in [2.24, 2.45) is 5.90 Å². The fourth-order valence-electron chi connectivity index (χ4n) is 2.89. The minimum absolute atomic E-state index is 0.0648. The molecule has 1 heterocycles. The number of aromatic carboxylic acids is 1. The third kappa shape index (κ3) is 7.03. The average molecular weight is 393 g/mol. The van der Waals surface area contributed by atoms with Gasteiger partial charge in [0.25, 0.3) is 0 Å². The zero-order chi connectivity index (χ0) is 21.1. The molecule has 0 aliphatic rings. The van der Waals surface area contributed by atoms with E-state index in [1.165, 1.54) is 17.7 Å². The summed E-state index contributed by atoms with van der Waals surface area (Å²) >= 11 is 0. The maximum Gasteiger partial charge on any atom is 0.339 e. The van der Waals surface area contributed by atoms with E-state index in [2.05, 4.69) is 71.3 Å². The Kier molecular flexibility index (Phi) is 8.82. The van der Waals surface area contributed by atoms with Crippen molar-refractivity contribution in [1.29, 1.82) is 0 Å². The minimum Gasteiger partial charge on any atom is -0.478 e. The number of aromatic nitrogens is 1. The van der Waals surface area contributed by atoms with Gasteiger partial charge in [-0.2, -0.15) is 5.90 Å². The summed E-state index contributed by atoms with van der Waals surface area (Å²) in [5, 5.41) is 8.56. The Morgan fingerprint density at radius 2 is 1.69 bits per heavy atom. The summed E-state index contributed by atoms with van der Waals surface area (Å²) in [6, 6.07) is 22.9. The number of nitrogens with zero attached hydrogens (tertiary/aromatic N) is 2. The zero-order valence-corrected chi connectivity index (χ0v) is 16.7. The van der Waals surface area contributed by atoms with Crippen LogP contribution in [0.2, 0.25) is 0 Å². The first-order valence-corrected chi connectivity index (χ1v) is 9.32. The van der Waals surface area contributed by atoms with Crippen LogP contribution in [0.4, 0.5) is 0 Å². The molecule has 3 aromatic rings. The Labute approximate surface area is 171 Å². The van der Waals surface area contributed by atoms with Crippen molar-refractivity contribution in [3.05, 3.63) is 95.8 Å². The monoisotopic (exact) mass is 393 g/mol. The van der Waals surface area contributed by atoms with E-state index in [4.69, 9.17) is 11.0 Å². The lowest BCUT2D eigenvalue weighted by Crippen LogP contribution is -2.17. The highest BCUT2D eigenvalue weighted by atomic mass is 16.6. The van der Waals surface area contributed by atoms with Crippen molar-refractivity contribution < 1.29 is 14.7 Å². The Morgan fingerprint density at radius 3 is 2.24 bits per heavy atom. The molecule has 1 unspecified atom stereocenters. The first-order valence-electron chi connectivity index (χ1n) is 9.32. The van der Waals surface area contributed by atoms with E-state index in [1.807, 2.05) is 12.3 Å². The molecule has 0 saturated carbocycles. The van der Waals surface area contributed by atoms with E-state index in [0.717, 1.165) is 18.7 Å². The van der Waals surface area contributed by atoms with Gasteiger partial charge in [0.15, 0.2) is 5.75 Å². The van der Waals surface area contributed by atoms with Gasteiger partial charge in [-0.3, -0.25) is 4.98 Å². The number of para-hydroxylation sites is 1. The molecule has 0 radical (unpaired) electrons. The molecule has 3 N–H and O–H groups in total. The maximum absolute atomic E-state index is 10.4. The lowest BCUT2D eigenvalue weighted by atomic mass is 9.92. The molecule has 152 valence electrons. The topological polar surface area (TPSA) is 88.7 Å². The van der Waals surface area contributed by atoms with Gasteiger partial charge < -0.3 is 14.8 Å². The molecule has 0 fully saturated rings. The average Bonchev–Trinajstić information content (AvgIpc) is 2.75. The predicted octanol–water partition coefficient (Wildman–Crippen LogP) is 3.80. The van der Waals surface area contributed by atoms with Gasteiger partial charge in [0.05, 0.1) is 0 Å². The molecule has 0 spiro atoms. The second-order valence-corrected chi connectivity index (χ2v) is 6.73. The molecule has 0 aliphatic carbocycles. The third-order valence-electron chi connectivity index (χ3n) is 4.36. The maximum atomic E-state index is 10.4. The first kappa shape index (κ1) is 22.1. The number of carboxylic acids is 1. The normalized spacial score (nSPS) is 11.3.